The van der Waals surface area contributed by atoms with Gasteiger partial charge < -0.3 is 9.47 Å². The first kappa shape index (κ1) is 19.2. The molecule has 3 nitrogen and oxygen atoms in total. The minimum Gasteiger partial charge on any atom is -0.323 e. The molecule has 0 bridgehead atoms. The van der Waals surface area contributed by atoms with Gasteiger partial charge >= 0.3 is 0 Å². The van der Waals surface area contributed by atoms with Crippen LogP contribution in [0.3, 0.4) is 0 Å². The Bertz CT molecular complexity index is 1870. The third kappa shape index (κ3) is 2.63. The highest BCUT2D eigenvalue weighted by Crippen LogP contribution is 2.44. The molecule has 0 fully saturated rings. The van der Waals surface area contributed by atoms with E-state index in [4.69, 9.17) is 4.99 Å². The van der Waals surface area contributed by atoms with Gasteiger partial charge in [0.2, 0.25) is 0 Å². The second kappa shape index (κ2) is 7.17. The van der Waals surface area contributed by atoms with Gasteiger partial charge in [-0.3, -0.25) is 4.99 Å². The molecular weight excluding hydrogens is 446 g/mol. The maximum Gasteiger partial charge on any atom is 0.116 e. The van der Waals surface area contributed by atoms with Crippen LogP contribution in [-0.4, -0.2) is 23.0 Å². The van der Waals surface area contributed by atoms with Crippen molar-refractivity contribution in [2.45, 2.75) is 12.1 Å². The molecule has 2 aliphatic rings. The summed E-state index contributed by atoms with van der Waals surface area (Å²) in [5.41, 5.74) is 4.87. The second-order valence-corrected chi connectivity index (χ2v) is 10.3. The molecular formula is C31H21N3S. The fourth-order valence-electron chi connectivity index (χ4n) is 5.88. The number of aromatic nitrogens is 1. The van der Waals surface area contributed by atoms with Crippen molar-refractivity contribution in [2.24, 2.45) is 4.99 Å². The number of para-hydroxylation sites is 2. The van der Waals surface area contributed by atoms with Crippen LogP contribution in [0.15, 0.2) is 114 Å². The first-order valence-electron chi connectivity index (χ1n) is 12.0. The highest BCUT2D eigenvalue weighted by atomic mass is 32.1. The lowest BCUT2D eigenvalue weighted by Gasteiger charge is -2.29. The summed E-state index contributed by atoms with van der Waals surface area (Å²) in [6.45, 7) is 0. The van der Waals surface area contributed by atoms with Crippen LogP contribution in [-0.2, 0) is 0 Å². The van der Waals surface area contributed by atoms with Crippen molar-refractivity contribution in [1.82, 2.24) is 4.57 Å². The lowest BCUT2D eigenvalue weighted by atomic mass is 9.99. The van der Waals surface area contributed by atoms with E-state index in [1.165, 1.54) is 53.4 Å². The topological polar surface area (TPSA) is 20.5 Å². The Hall–Kier alpha value is -4.15. The van der Waals surface area contributed by atoms with E-state index >= 15 is 0 Å². The van der Waals surface area contributed by atoms with Crippen LogP contribution in [0.2, 0.25) is 0 Å². The molecule has 6 aromatic rings. The van der Waals surface area contributed by atoms with Crippen LogP contribution in [0.4, 0.5) is 5.69 Å². The largest absolute Gasteiger partial charge is 0.323 e. The van der Waals surface area contributed by atoms with Crippen LogP contribution in [0.1, 0.15) is 0 Å². The average molecular weight is 468 g/mol. The van der Waals surface area contributed by atoms with Gasteiger partial charge in [0.05, 0.1) is 29.1 Å². The van der Waals surface area contributed by atoms with Crippen LogP contribution in [0.5, 0.6) is 0 Å². The lowest BCUT2D eigenvalue weighted by molar-refractivity contribution is 0.731. The van der Waals surface area contributed by atoms with E-state index in [-0.39, 0.29) is 12.1 Å². The third-order valence-corrected chi connectivity index (χ3v) is 8.50. The fraction of sp³-hybridized carbons (Fsp3) is 0.0645. The first-order valence-corrected chi connectivity index (χ1v) is 12.8. The van der Waals surface area contributed by atoms with E-state index in [0.717, 1.165) is 0 Å². The Kier molecular flexibility index (Phi) is 3.93. The normalized spacial score (nSPS) is 19.3. The summed E-state index contributed by atoms with van der Waals surface area (Å²) in [6, 6.07) is 32.9. The molecule has 2 aromatic heterocycles. The van der Waals surface area contributed by atoms with Crippen molar-refractivity contribution >= 4 is 71.0 Å². The summed E-state index contributed by atoms with van der Waals surface area (Å²) in [7, 11) is 0. The molecule has 3 heterocycles. The van der Waals surface area contributed by atoms with Gasteiger partial charge in [-0.25, -0.2) is 0 Å². The number of allylic oxidation sites excluding steroid dienone is 2. The van der Waals surface area contributed by atoms with Crippen LogP contribution < -0.4 is 4.90 Å². The van der Waals surface area contributed by atoms with Crippen molar-refractivity contribution in [3.63, 3.8) is 0 Å². The molecule has 0 amide bonds. The van der Waals surface area contributed by atoms with Crippen LogP contribution >= 0.6 is 11.3 Å². The minimum atomic E-state index is 0.0362. The van der Waals surface area contributed by atoms with Gasteiger partial charge in [0, 0.05) is 36.6 Å². The second-order valence-electron chi connectivity index (χ2n) is 9.20. The average Bonchev–Trinajstić information content (AvgIpc) is 3.60. The van der Waals surface area contributed by atoms with E-state index in [1.54, 1.807) is 0 Å². The zero-order valence-electron chi connectivity index (χ0n) is 18.9. The number of anilines is 1. The van der Waals surface area contributed by atoms with Gasteiger partial charge in [0.15, 0.2) is 0 Å². The monoisotopic (exact) mass is 467 g/mol. The smallest absolute Gasteiger partial charge is 0.116 e. The quantitative estimate of drug-likeness (QED) is 0.254. The van der Waals surface area contributed by atoms with Crippen LogP contribution in [0.25, 0.3) is 47.7 Å². The summed E-state index contributed by atoms with van der Waals surface area (Å²) in [4.78, 5) is 7.32. The first-order chi connectivity index (χ1) is 17.4. The summed E-state index contributed by atoms with van der Waals surface area (Å²) in [6.07, 6.45) is 8.72. The van der Waals surface area contributed by atoms with Crippen molar-refractivity contribution in [3.8, 4) is 0 Å². The molecule has 2 atom stereocenters. The Labute approximate surface area is 206 Å². The number of fused-ring (bicyclic) bond motifs is 8. The number of aliphatic imine (C=N–C) groups is 1. The summed E-state index contributed by atoms with van der Waals surface area (Å²) in [5, 5.41) is 5.34. The van der Waals surface area contributed by atoms with Crippen molar-refractivity contribution in [3.05, 3.63) is 109 Å². The number of hydrogen-bond donors (Lipinski definition) is 0. The molecule has 4 heteroatoms. The Balaban J connectivity index is 1.39. The van der Waals surface area contributed by atoms with E-state index in [0.29, 0.717) is 0 Å². The SMILES string of the molecule is C1=CC2C(N=CN2c2ccccc2)C(n2c3ccccc3c3c4c(ccc32)sc2ccccc24)=C1. The van der Waals surface area contributed by atoms with Gasteiger partial charge in [-0.05, 0) is 42.5 Å². The lowest BCUT2D eigenvalue weighted by Crippen LogP contribution is -2.37. The predicted molar refractivity (Wildman–Crippen MR) is 151 cm³/mol. The molecule has 0 saturated heterocycles. The van der Waals surface area contributed by atoms with Gasteiger partial charge in [-0.2, -0.15) is 0 Å². The van der Waals surface area contributed by atoms with Crippen molar-refractivity contribution in [2.75, 3.05) is 4.90 Å². The van der Waals surface area contributed by atoms with Crippen molar-refractivity contribution in [1.29, 1.82) is 0 Å². The van der Waals surface area contributed by atoms with E-state index in [1.807, 2.05) is 17.7 Å². The molecule has 0 N–H and O–H groups in total. The molecule has 1 aliphatic carbocycles. The summed E-state index contributed by atoms with van der Waals surface area (Å²) < 4.78 is 5.13. The van der Waals surface area contributed by atoms with Gasteiger partial charge in [-0.1, -0.05) is 66.7 Å². The molecule has 0 spiro atoms. The van der Waals surface area contributed by atoms with E-state index in [2.05, 4.69) is 119 Å². The van der Waals surface area contributed by atoms with Gasteiger partial charge in [-0.15, -0.1) is 11.3 Å². The standard InChI is InChI=1S/C31H21N3S/c1-2-9-20(10-3-1)33-19-32-31-25(33)14-8-15-26(31)34-23-13-6-4-11-21(23)29-24(34)17-18-28-30(29)22-12-5-7-16-27(22)35-28/h1-19,25,31H. The number of benzene rings is 4. The van der Waals surface area contributed by atoms with Crippen LogP contribution in [0, 0.1) is 0 Å². The zero-order valence-corrected chi connectivity index (χ0v) is 19.7. The molecule has 0 radical (unpaired) electrons. The number of hydrogen-bond acceptors (Lipinski definition) is 3. The van der Waals surface area contributed by atoms with Gasteiger partial charge in [0.1, 0.15) is 6.04 Å². The number of rotatable bonds is 2. The number of thiophene rings is 1. The highest BCUT2D eigenvalue weighted by Gasteiger charge is 2.35. The number of nitrogens with zero attached hydrogens (tertiary/aromatic N) is 3. The summed E-state index contributed by atoms with van der Waals surface area (Å²) in [5.74, 6) is 0. The summed E-state index contributed by atoms with van der Waals surface area (Å²) >= 11 is 1.88. The Morgan fingerprint density at radius 2 is 1.49 bits per heavy atom. The fourth-order valence-corrected chi connectivity index (χ4v) is 6.99. The molecule has 166 valence electrons. The maximum absolute atomic E-state index is 5.03. The molecule has 1 aliphatic heterocycles. The third-order valence-electron chi connectivity index (χ3n) is 7.36. The predicted octanol–water partition coefficient (Wildman–Crippen LogP) is 7.86. The minimum absolute atomic E-state index is 0.0362. The Morgan fingerprint density at radius 1 is 0.686 bits per heavy atom. The van der Waals surface area contributed by atoms with E-state index in [9.17, 15) is 0 Å². The van der Waals surface area contributed by atoms with Gasteiger partial charge in [0.25, 0.3) is 0 Å². The Morgan fingerprint density at radius 3 is 2.40 bits per heavy atom. The molecule has 0 saturated carbocycles. The van der Waals surface area contributed by atoms with E-state index < -0.39 is 0 Å². The molecule has 8 rings (SSSR count). The zero-order chi connectivity index (χ0) is 22.9. The molecule has 2 unspecified atom stereocenters. The molecule has 4 aromatic carbocycles. The molecule has 35 heavy (non-hydrogen) atoms. The van der Waals surface area contributed by atoms with Crippen molar-refractivity contribution < 1.29 is 0 Å². The maximum atomic E-state index is 5.03. The highest BCUT2D eigenvalue weighted by molar-refractivity contribution is 7.26.